The van der Waals surface area contributed by atoms with Crippen LogP contribution in [-0.4, -0.2) is 41.3 Å². The predicted molar refractivity (Wildman–Crippen MR) is 91.6 cm³/mol. The Bertz CT molecular complexity index is 562. The fourth-order valence-corrected chi connectivity index (χ4v) is 4.48. The highest BCUT2D eigenvalue weighted by molar-refractivity contribution is 5.29. The molecule has 3 aliphatic rings. The number of ether oxygens (including phenoxy) is 1. The number of likely N-dealkylation sites (tertiary alicyclic amines) is 1. The van der Waals surface area contributed by atoms with Gasteiger partial charge < -0.3 is 9.84 Å². The highest BCUT2D eigenvalue weighted by Gasteiger charge is 2.37. The molecule has 1 N–H and O–H groups in total. The first kappa shape index (κ1) is 15.2. The van der Waals surface area contributed by atoms with Crippen molar-refractivity contribution in [2.24, 2.45) is 0 Å². The molecule has 1 aromatic carbocycles. The third-order valence-electron chi connectivity index (χ3n) is 5.73. The summed E-state index contributed by atoms with van der Waals surface area (Å²) < 4.78 is 6.06. The van der Waals surface area contributed by atoms with Crippen LogP contribution in [0.4, 0.5) is 0 Å². The number of aliphatic hydroxyl groups excluding tert-OH is 1. The average Bonchev–Trinajstić information content (AvgIpc) is 3.00. The number of piperidine rings is 1. The van der Waals surface area contributed by atoms with Crippen LogP contribution in [-0.2, 0) is 0 Å². The summed E-state index contributed by atoms with van der Waals surface area (Å²) in [6.45, 7) is 2.52. The molecular weight excluding hydrogens is 286 g/mol. The van der Waals surface area contributed by atoms with Gasteiger partial charge in [0, 0.05) is 12.5 Å². The number of hydrogen-bond donors (Lipinski definition) is 1. The molecule has 1 fully saturated rings. The quantitative estimate of drug-likeness (QED) is 0.867. The van der Waals surface area contributed by atoms with Crippen molar-refractivity contribution in [3.63, 3.8) is 0 Å². The summed E-state index contributed by atoms with van der Waals surface area (Å²) in [6, 6.07) is 10.6. The van der Waals surface area contributed by atoms with Crippen LogP contribution in [0.15, 0.2) is 41.5 Å². The Balaban J connectivity index is 1.40. The molecule has 0 bridgehead atoms. The molecule has 4 rings (SSSR count). The first-order chi connectivity index (χ1) is 11.3. The normalized spacial score (nSPS) is 32.0. The van der Waals surface area contributed by atoms with Gasteiger partial charge in [-0.3, -0.25) is 4.90 Å². The number of hydrogen-bond acceptors (Lipinski definition) is 3. The Morgan fingerprint density at radius 3 is 2.30 bits per heavy atom. The van der Waals surface area contributed by atoms with Crippen LogP contribution < -0.4 is 4.74 Å². The third-order valence-corrected chi connectivity index (χ3v) is 5.73. The Morgan fingerprint density at radius 2 is 1.57 bits per heavy atom. The summed E-state index contributed by atoms with van der Waals surface area (Å²) in [6.07, 6.45) is 7.70. The SMILES string of the molecule is O[C@@H]1CC2=C(C[C@H](N3CCCCC3)C2)C[C@@H]1Oc1ccccc1. The second-order valence-corrected chi connectivity index (χ2v) is 7.31. The van der Waals surface area contributed by atoms with E-state index in [1.165, 1.54) is 50.8 Å². The smallest absolute Gasteiger partial charge is 0.128 e. The fourth-order valence-electron chi connectivity index (χ4n) is 4.48. The largest absolute Gasteiger partial charge is 0.487 e. The summed E-state index contributed by atoms with van der Waals surface area (Å²) in [5.41, 5.74) is 3.08. The van der Waals surface area contributed by atoms with Gasteiger partial charge in [0.2, 0.25) is 0 Å². The molecule has 0 saturated carbocycles. The van der Waals surface area contributed by atoms with Gasteiger partial charge in [-0.2, -0.15) is 0 Å². The third kappa shape index (κ3) is 3.31. The number of para-hydroxylation sites is 1. The molecule has 0 aromatic heterocycles. The van der Waals surface area contributed by atoms with E-state index in [-0.39, 0.29) is 12.2 Å². The topological polar surface area (TPSA) is 32.7 Å². The second-order valence-electron chi connectivity index (χ2n) is 7.31. The number of nitrogens with zero attached hydrogens (tertiary/aromatic N) is 1. The van der Waals surface area contributed by atoms with Gasteiger partial charge in [-0.1, -0.05) is 35.8 Å². The van der Waals surface area contributed by atoms with Crippen molar-refractivity contribution in [1.82, 2.24) is 4.90 Å². The molecule has 0 spiro atoms. The van der Waals surface area contributed by atoms with Crippen molar-refractivity contribution in [2.45, 2.75) is 63.2 Å². The molecule has 1 aliphatic heterocycles. The van der Waals surface area contributed by atoms with Gasteiger partial charge in [0.1, 0.15) is 11.9 Å². The van der Waals surface area contributed by atoms with E-state index in [9.17, 15) is 5.11 Å². The van der Waals surface area contributed by atoms with E-state index in [2.05, 4.69) is 4.90 Å². The maximum atomic E-state index is 10.5. The van der Waals surface area contributed by atoms with Crippen LogP contribution in [0.5, 0.6) is 5.75 Å². The van der Waals surface area contributed by atoms with Crippen molar-refractivity contribution in [3.05, 3.63) is 41.5 Å². The van der Waals surface area contributed by atoms with E-state index in [1.54, 1.807) is 5.57 Å². The van der Waals surface area contributed by atoms with E-state index in [4.69, 9.17) is 4.74 Å². The van der Waals surface area contributed by atoms with E-state index >= 15 is 0 Å². The fraction of sp³-hybridized carbons (Fsp3) is 0.600. The van der Waals surface area contributed by atoms with Crippen molar-refractivity contribution in [2.75, 3.05) is 13.1 Å². The van der Waals surface area contributed by atoms with Gasteiger partial charge in [-0.05, 0) is 57.3 Å². The number of aliphatic hydroxyl groups is 1. The highest BCUT2D eigenvalue weighted by atomic mass is 16.5. The van der Waals surface area contributed by atoms with Crippen molar-refractivity contribution < 1.29 is 9.84 Å². The number of rotatable bonds is 3. The zero-order valence-corrected chi connectivity index (χ0v) is 13.8. The molecule has 1 heterocycles. The molecule has 3 nitrogen and oxygen atoms in total. The lowest BCUT2D eigenvalue weighted by atomic mass is 9.89. The second kappa shape index (κ2) is 6.66. The van der Waals surface area contributed by atoms with Crippen molar-refractivity contribution in [1.29, 1.82) is 0 Å². The highest BCUT2D eigenvalue weighted by Crippen LogP contribution is 2.40. The minimum absolute atomic E-state index is 0.0868. The molecule has 1 aromatic rings. The Labute approximate surface area is 139 Å². The first-order valence-electron chi connectivity index (χ1n) is 9.13. The molecule has 0 radical (unpaired) electrons. The van der Waals surface area contributed by atoms with Gasteiger partial charge in [0.15, 0.2) is 0 Å². The van der Waals surface area contributed by atoms with Crippen LogP contribution in [0.1, 0.15) is 44.9 Å². The average molecular weight is 313 g/mol. The number of benzene rings is 1. The van der Waals surface area contributed by atoms with Crippen LogP contribution in [0, 0.1) is 0 Å². The minimum atomic E-state index is -0.367. The van der Waals surface area contributed by atoms with Gasteiger partial charge >= 0.3 is 0 Å². The van der Waals surface area contributed by atoms with Gasteiger partial charge in [-0.15, -0.1) is 0 Å². The lowest BCUT2D eigenvalue weighted by molar-refractivity contribution is 0.0306. The van der Waals surface area contributed by atoms with E-state index in [1.807, 2.05) is 30.3 Å². The van der Waals surface area contributed by atoms with Crippen LogP contribution in [0.3, 0.4) is 0 Å². The molecule has 3 heteroatoms. The van der Waals surface area contributed by atoms with Crippen LogP contribution in [0.25, 0.3) is 0 Å². The lowest BCUT2D eigenvalue weighted by Gasteiger charge is -2.32. The zero-order valence-electron chi connectivity index (χ0n) is 13.8. The molecule has 3 atom stereocenters. The van der Waals surface area contributed by atoms with E-state index in [0.717, 1.165) is 18.6 Å². The lowest BCUT2D eigenvalue weighted by Crippen LogP contribution is -2.38. The summed E-state index contributed by atoms with van der Waals surface area (Å²) in [7, 11) is 0. The first-order valence-corrected chi connectivity index (χ1v) is 9.13. The van der Waals surface area contributed by atoms with Crippen LogP contribution in [0.2, 0.25) is 0 Å². The van der Waals surface area contributed by atoms with Crippen LogP contribution >= 0.6 is 0 Å². The molecule has 0 amide bonds. The Morgan fingerprint density at radius 1 is 0.870 bits per heavy atom. The van der Waals surface area contributed by atoms with E-state index < -0.39 is 0 Å². The molecular formula is C20H27NO2. The maximum absolute atomic E-state index is 10.5. The van der Waals surface area contributed by atoms with Gasteiger partial charge in [0.25, 0.3) is 0 Å². The molecule has 23 heavy (non-hydrogen) atoms. The Hall–Kier alpha value is -1.32. The zero-order chi connectivity index (χ0) is 15.6. The predicted octanol–water partition coefficient (Wildman–Crippen LogP) is 3.53. The molecule has 124 valence electrons. The molecule has 1 saturated heterocycles. The van der Waals surface area contributed by atoms with Gasteiger partial charge in [0.05, 0.1) is 6.10 Å². The maximum Gasteiger partial charge on any atom is 0.128 e. The van der Waals surface area contributed by atoms with Crippen molar-refractivity contribution >= 4 is 0 Å². The summed E-state index contributed by atoms with van der Waals surface area (Å²) in [5.74, 6) is 0.867. The molecule has 0 unspecified atom stereocenters. The van der Waals surface area contributed by atoms with Crippen molar-refractivity contribution in [3.8, 4) is 5.75 Å². The minimum Gasteiger partial charge on any atom is -0.487 e. The monoisotopic (exact) mass is 313 g/mol. The standard InChI is InChI=1S/C20H27NO2/c22-19-13-15-11-17(21-9-5-2-6-10-21)12-16(15)14-20(19)23-18-7-3-1-4-8-18/h1,3-4,7-8,17,19-20,22H,2,5-6,9-14H2/t17-,19-,20+/m1/s1. The summed E-state index contributed by atoms with van der Waals surface area (Å²) >= 11 is 0. The Kier molecular flexibility index (Phi) is 4.41. The van der Waals surface area contributed by atoms with Gasteiger partial charge in [-0.25, -0.2) is 0 Å². The van der Waals surface area contributed by atoms with E-state index in [0.29, 0.717) is 6.04 Å². The molecule has 2 aliphatic carbocycles. The summed E-state index contributed by atoms with van der Waals surface area (Å²) in [4.78, 5) is 2.68. The summed E-state index contributed by atoms with van der Waals surface area (Å²) in [5, 5.41) is 10.5.